The van der Waals surface area contributed by atoms with Gasteiger partial charge in [0, 0.05) is 48.8 Å². The number of aliphatic hydroxyl groups excluding tert-OH is 1. The Morgan fingerprint density at radius 1 is 1.11 bits per heavy atom. The predicted octanol–water partition coefficient (Wildman–Crippen LogP) is 4.55. The molecule has 0 spiro atoms. The second-order valence-electron chi connectivity index (χ2n) is 9.91. The number of nitrogens with one attached hydrogen (secondary N) is 1. The normalized spacial score (nSPS) is 22.2. The number of urea groups is 1. The van der Waals surface area contributed by atoms with Crippen LogP contribution in [0.5, 0.6) is 5.75 Å². The highest BCUT2D eigenvalue weighted by molar-refractivity contribution is 5.89. The van der Waals surface area contributed by atoms with Crippen molar-refractivity contribution in [3.63, 3.8) is 0 Å². The summed E-state index contributed by atoms with van der Waals surface area (Å²) in [7, 11) is 1.63. The number of benzene rings is 2. The van der Waals surface area contributed by atoms with Crippen LogP contribution in [0.25, 0.3) is 0 Å². The van der Waals surface area contributed by atoms with Crippen LogP contribution in [0.4, 0.5) is 10.5 Å². The number of nitrogens with zero attached hydrogens (tertiary/aromatic N) is 2. The number of methoxy groups -OCH3 is 1. The zero-order valence-electron chi connectivity index (χ0n) is 21.0. The van der Waals surface area contributed by atoms with Crippen LogP contribution >= 0.6 is 0 Å². The van der Waals surface area contributed by atoms with Gasteiger partial charge in [-0.1, -0.05) is 37.8 Å². The van der Waals surface area contributed by atoms with Crippen molar-refractivity contribution in [1.82, 2.24) is 9.80 Å². The summed E-state index contributed by atoms with van der Waals surface area (Å²) in [5.74, 6) is 8.01. The largest absolute Gasteiger partial charge is 0.497 e. The van der Waals surface area contributed by atoms with Crippen molar-refractivity contribution in [2.45, 2.75) is 51.1 Å². The molecule has 2 aliphatic heterocycles. The van der Waals surface area contributed by atoms with Crippen molar-refractivity contribution in [3.05, 3.63) is 59.7 Å². The highest BCUT2D eigenvalue weighted by Crippen LogP contribution is 2.42. The number of hydrogen-bond acceptors (Lipinski definition) is 4. The van der Waals surface area contributed by atoms with Gasteiger partial charge in [-0.3, -0.25) is 4.90 Å². The molecule has 2 heterocycles. The number of carbonyl (C=O) groups excluding carboxylic acids is 1. The topological polar surface area (TPSA) is 65.0 Å². The van der Waals surface area contributed by atoms with E-state index in [1.54, 1.807) is 7.11 Å². The van der Waals surface area contributed by atoms with E-state index in [9.17, 15) is 9.90 Å². The van der Waals surface area contributed by atoms with Crippen LogP contribution in [0.15, 0.2) is 48.5 Å². The quantitative estimate of drug-likeness (QED) is 0.623. The van der Waals surface area contributed by atoms with Gasteiger partial charge in [0.05, 0.1) is 13.7 Å². The van der Waals surface area contributed by atoms with E-state index in [4.69, 9.17) is 4.74 Å². The fourth-order valence-electron chi connectivity index (χ4n) is 5.15. The Balaban J connectivity index is 1.47. The molecule has 2 aromatic rings. The highest BCUT2D eigenvalue weighted by atomic mass is 16.5. The first kappa shape index (κ1) is 25.1. The van der Waals surface area contributed by atoms with Gasteiger partial charge in [-0.15, -0.1) is 0 Å². The summed E-state index contributed by atoms with van der Waals surface area (Å²) in [6.45, 7) is 6.79. The SMILES string of the molecule is COc1ccc(NC(=O)N2CCCCN3[C@H](C2)[C@@H](c2ccc(C#CCC(C)C)cc2)[C@@H]3CO)cc1. The Labute approximate surface area is 209 Å². The molecular formula is C29H37N3O3. The second-order valence-corrected chi connectivity index (χ2v) is 9.91. The van der Waals surface area contributed by atoms with Crippen LogP contribution in [0.3, 0.4) is 0 Å². The van der Waals surface area contributed by atoms with Crippen molar-refractivity contribution >= 4 is 11.7 Å². The van der Waals surface area contributed by atoms with Crippen molar-refractivity contribution in [3.8, 4) is 17.6 Å². The number of amides is 2. The van der Waals surface area contributed by atoms with Crippen LogP contribution in [0, 0.1) is 17.8 Å². The number of hydrogen-bond donors (Lipinski definition) is 2. The maximum absolute atomic E-state index is 13.2. The first-order valence-electron chi connectivity index (χ1n) is 12.7. The van der Waals surface area contributed by atoms with Crippen LogP contribution in [0.1, 0.15) is 50.2 Å². The summed E-state index contributed by atoms with van der Waals surface area (Å²) in [6.07, 6.45) is 2.85. The Bertz CT molecular complexity index is 1040. The van der Waals surface area contributed by atoms with Gasteiger partial charge in [-0.05, 0) is 67.3 Å². The van der Waals surface area contributed by atoms with Crippen molar-refractivity contribution in [1.29, 1.82) is 0 Å². The molecule has 2 aliphatic rings. The fraction of sp³-hybridized carbons (Fsp3) is 0.483. The zero-order valence-corrected chi connectivity index (χ0v) is 21.0. The molecule has 2 saturated heterocycles. The number of carbonyl (C=O) groups is 1. The van der Waals surface area contributed by atoms with Gasteiger partial charge in [-0.2, -0.15) is 0 Å². The summed E-state index contributed by atoms with van der Waals surface area (Å²) in [4.78, 5) is 17.5. The van der Waals surface area contributed by atoms with E-state index in [2.05, 4.69) is 60.2 Å². The maximum atomic E-state index is 13.2. The molecule has 2 aromatic carbocycles. The van der Waals surface area contributed by atoms with E-state index in [-0.39, 0.29) is 30.6 Å². The predicted molar refractivity (Wildman–Crippen MR) is 140 cm³/mol. The van der Waals surface area contributed by atoms with Gasteiger partial charge < -0.3 is 20.1 Å². The smallest absolute Gasteiger partial charge is 0.321 e. The first-order chi connectivity index (χ1) is 17.0. The van der Waals surface area contributed by atoms with E-state index in [0.29, 0.717) is 12.5 Å². The maximum Gasteiger partial charge on any atom is 0.321 e. The van der Waals surface area contributed by atoms with Gasteiger partial charge in [0.2, 0.25) is 0 Å². The van der Waals surface area contributed by atoms with Crippen LogP contribution < -0.4 is 10.1 Å². The van der Waals surface area contributed by atoms with Crippen LogP contribution in [-0.2, 0) is 0 Å². The van der Waals surface area contributed by atoms with Crippen molar-refractivity contribution in [2.75, 3.05) is 38.7 Å². The molecule has 3 atom stereocenters. The summed E-state index contributed by atoms with van der Waals surface area (Å²) in [5.41, 5.74) is 2.97. The van der Waals surface area contributed by atoms with E-state index >= 15 is 0 Å². The average Bonchev–Trinajstić information content (AvgIpc) is 2.84. The molecule has 0 aromatic heterocycles. The lowest BCUT2D eigenvalue weighted by Crippen LogP contribution is -2.68. The van der Waals surface area contributed by atoms with E-state index in [0.717, 1.165) is 49.4 Å². The molecule has 35 heavy (non-hydrogen) atoms. The number of aliphatic hydroxyl groups is 1. The van der Waals surface area contributed by atoms with Gasteiger partial charge >= 0.3 is 6.03 Å². The first-order valence-corrected chi connectivity index (χ1v) is 12.7. The molecule has 0 radical (unpaired) electrons. The molecule has 186 valence electrons. The lowest BCUT2D eigenvalue weighted by Gasteiger charge is -2.57. The number of rotatable bonds is 5. The monoisotopic (exact) mass is 475 g/mol. The summed E-state index contributed by atoms with van der Waals surface area (Å²) >= 11 is 0. The minimum atomic E-state index is -0.0843. The second kappa shape index (κ2) is 11.6. The van der Waals surface area contributed by atoms with E-state index < -0.39 is 0 Å². The minimum absolute atomic E-state index is 0.0843. The minimum Gasteiger partial charge on any atom is -0.497 e. The molecule has 0 unspecified atom stereocenters. The molecular weight excluding hydrogens is 438 g/mol. The Kier molecular flexibility index (Phi) is 8.33. The molecule has 4 rings (SSSR count). The number of anilines is 1. The number of fused-ring (bicyclic) bond motifs is 1. The fourth-order valence-corrected chi connectivity index (χ4v) is 5.15. The van der Waals surface area contributed by atoms with Gasteiger partial charge in [0.15, 0.2) is 0 Å². The highest BCUT2D eigenvalue weighted by Gasteiger charge is 2.49. The van der Waals surface area contributed by atoms with Gasteiger partial charge in [-0.25, -0.2) is 4.79 Å². The van der Waals surface area contributed by atoms with Crippen molar-refractivity contribution in [2.24, 2.45) is 5.92 Å². The number of ether oxygens (including phenoxy) is 1. The molecule has 0 saturated carbocycles. The summed E-state index contributed by atoms with van der Waals surface area (Å²) in [6, 6.07) is 16.0. The summed E-state index contributed by atoms with van der Waals surface area (Å²) in [5, 5.41) is 13.2. The summed E-state index contributed by atoms with van der Waals surface area (Å²) < 4.78 is 5.21. The molecule has 0 aliphatic carbocycles. The molecule has 6 nitrogen and oxygen atoms in total. The zero-order chi connectivity index (χ0) is 24.8. The van der Waals surface area contributed by atoms with Crippen LogP contribution in [-0.4, -0.2) is 66.4 Å². The standard InChI is InChI=1S/C29H37N3O3/c1-21(2)7-6-8-22-9-11-23(12-10-22)28-26-19-31(17-4-5-18-32(26)27(28)20-33)29(34)30-24-13-15-25(35-3)16-14-24/h9-16,21,26-28,33H,4-5,7,17-20H2,1-3H3,(H,30,34)/t26-,27+,28-/m1/s1. The van der Waals surface area contributed by atoms with E-state index in [1.807, 2.05) is 29.2 Å². The molecule has 2 fully saturated rings. The lowest BCUT2D eigenvalue weighted by molar-refractivity contribution is -0.0585. The molecule has 6 heteroatoms. The molecule has 2 N–H and O–H groups in total. The Hall–Kier alpha value is -3.01. The third-order valence-electron chi connectivity index (χ3n) is 7.04. The average molecular weight is 476 g/mol. The van der Waals surface area contributed by atoms with Crippen molar-refractivity contribution < 1.29 is 14.6 Å². The Morgan fingerprint density at radius 3 is 2.49 bits per heavy atom. The van der Waals surface area contributed by atoms with Gasteiger partial charge in [0.25, 0.3) is 0 Å². The Morgan fingerprint density at radius 2 is 1.83 bits per heavy atom. The molecule has 2 amide bonds. The third-order valence-corrected chi connectivity index (χ3v) is 7.04. The van der Waals surface area contributed by atoms with Gasteiger partial charge in [0.1, 0.15) is 5.75 Å². The lowest BCUT2D eigenvalue weighted by atomic mass is 9.74. The van der Waals surface area contributed by atoms with E-state index in [1.165, 1.54) is 5.56 Å². The van der Waals surface area contributed by atoms with Crippen LogP contribution in [0.2, 0.25) is 0 Å². The third kappa shape index (κ3) is 5.98. The molecule has 0 bridgehead atoms.